The zero-order chi connectivity index (χ0) is 23.6. The van der Waals surface area contributed by atoms with Gasteiger partial charge in [-0.15, -0.1) is 0 Å². The number of hydrogen-bond acceptors (Lipinski definition) is 5. The van der Waals surface area contributed by atoms with Gasteiger partial charge in [0.15, 0.2) is 0 Å². The van der Waals surface area contributed by atoms with Crippen LogP contribution < -0.4 is 0 Å². The molecular formula is C25H24ClNO5S. The summed E-state index contributed by atoms with van der Waals surface area (Å²) in [6.45, 7) is 3.66. The molecule has 1 aromatic heterocycles. The molecule has 3 aromatic carbocycles. The predicted octanol–water partition coefficient (Wildman–Crippen LogP) is 5.73. The van der Waals surface area contributed by atoms with Gasteiger partial charge >= 0.3 is 5.97 Å². The van der Waals surface area contributed by atoms with Crippen molar-refractivity contribution in [2.24, 2.45) is 0 Å². The molecule has 4 aromatic rings. The molecule has 0 saturated heterocycles. The molecule has 1 N–H and O–H groups in total. The number of carbonyl (C=O) groups is 1. The Bertz CT molecular complexity index is 1410. The van der Waals surface area contributed by atoms with Crippen LogP contribution in [-0.4, -0.2) is 32.6 Å². The van der Waals surface area contributed by atoms with Crippen LogP contribution in [0, 0.1) is 6.92 Å². The van der Waals surface area contributed by atoms with Gasteiger partial charge in [0.05, 0.1) is 24.0 Å². The summed E-state index contributed by atoms with van der Waals surface area (Å²) < 4.78 is 34.7. The number of ether oxygens (including phenoxy) is 1. The van der Waals surface area contributed by atoms with E-state index in [4.69, 9.17) is 20.5 Å². The molecule has 1 unspecified atom stereocenters. The van der Waals surface area contributed by atoms with Crippen molar-refractivity contribution in [2.75, 3.05) is 13.2 Å². The van der Waals surface area contributed by atoms with Gasteiger partial charge in [0.2, 0.25) is 0 Å². The standard InChI is InChI=1S/C25H24ClNO5S/c1-16-4-8-20(9-5-16)33(29,30)32-13-3-12-31-25(28)17(2)18-6-10-21-22-15-19(26)7-11-23(22)27-24(21)14-18/h4-11,14-15,17,27H,3,12-13H2,1-2H3. The number of aromatic amines is 1. The van der Waals surface area contributed by atoms with Gasteiger partial charge in [0, 0.05) is 33.2 Å². The fourth-order valence-electron chi connectivity index (χ4n) is 3.60. The second-order valence-corrected chi connectivity index (χ2v) is 10.0. The molecule has 6 nitrogen and oxygen atoms in total. The molecule has 1 heterocycles. The molecule has 0 spiro atoms. The van der Waals surface area contributed by atoms with Crippen molar-refractivity contribution in [1.82, 2.24) is 4.98 Å². The Hall–Kier alpha value is -2.87. The molecule has 0 aliphatic carbocycles. The second kappa shape index (κ2) is 9.55. The van der Waals surface area contributed by atoms with Crippen molar-refractivity contribution >= 4 is 49.5 Å². The van der Waals surface area contributed by atoms with E-state index in [1.165, 1.54) is 12.1 Å². The number of fused-ring (bicyclic) bond motifs is 3. The summed E-state index contributed by atoms with van der Waals surface area (Å²) in [7, 11) is -3.82. The van der Waals surface area contributed by atoms with E-state index in [0.717, 1.165) is 32.9 Å². The Kier molecular flexibility index (Phi) is 6.74. The Balaban J connectivity index is 1.31. The van der Waals surface area contributed by atoms with Gasteiger partial charge in [-0.1, -0.05) is 41.4 Å². The summed E-state index contributed by atoms with van der Waals surface area (Å²) >= 11 is 6.11. The number of aromatic nitrogens is 1. The molecule has 8 heteroatoms. The van der Waals surface area contributed by atoms with E-state index in [2.05, 4.69) is 4.98 Å². The second-order valence-electron chi connectivity index (χ2n) is 7.95. The highest BCUT2D eigenvalue weighted by molar-refractivity contribution is 7.86. The molecule has 0 aliphatic rings. The van der Waals surface area contributed by atoms with Gasteiger partial charge in [-0.2, -0.15) is 8.42 Å². The van der Waals surface area contributed by atoms with E-state index in [0.29, 0.717) is 5.02 Å². The summed E-state index contributed by atoms with van der Waals surface area (Å²) in [5.41, 5.74) is 3.67. The Morgan fingerprint density at radius 1 is 0.970 bits per heavy atom. The Morgan fingerprint density at radius 3 is 2.48 bits per heavy atom. The van der Waals surface area contributed by atoms with Gasteiger partial charge in [0.1, 0.15) is 0 Å². The normalized spacial score (nSPS) is 12.8. The average Bonchev–Trinajstić information content (AvgIpc) is 3.15. The zero-order valence-electron chi connectivity index (χ0n) is 18.3. The molecule has 0 amide bonds. The van der Waals surface area contributed by atoms with Crippen molar-refractivity contribution in [2.45, 2.75) is 31.1 Å². The third-order valence-corrected chi connectivity index (χ3v) is 7.08. The summed E-state index contributed by atoms with van der Waals surface area (Å²) in [6, 6.07) is 17.9. The molecule has 0 radical (unpaired) electrons. The van der Waals surface area contributed by atoms with Crippen molar-refractivity contribution in [3.8, 4) is 0 Å². The van der Waals surface area contributed by atoms with Gasteiger partial charge in [-0.25, -0.2) is 0 Å². The van der Waals surface area contributed by atoms with Crippen LogP contribution in [0.25, 0.3) is 21.8 Å². The van der Waals surface area contributed by atoms with Crippen LogP contribution in [0.15, 0.2) is 65.6 Å². The van der Waals surface area contributed by atoms with Gasteiger partial charge in [0.25, 0.3) is 10.1 Å². The number of esters is 1. The highest BCUT2D eigenvalue weighted by Gasteiger charge is 2.19. The SMILES string of the molecule is Cc1ccc(S(=O)(=O)OCCCOC(=O)C(C)c2ccc3c(c2)[nH]c2ccc(Cl)cc23)cc1. The highest BCUT2D eigenvalue weighted by atomic mass is 35.5. The maximum Gasteiger partial charge on any atom is 0.313 e. The van der Waals surface area contributed by atoms with Crippen LogP contribution in [0.4, 0.5) is 0 Å². The fraction of sp³-hybridized carbons (Fsp3) is 0.240. The smallest absolute Gasteiger partial charge is 0.313 e. The first-order valence-electron chi connectivity index (χ1n) is 10.6. The van der Waals surface area contributed by atoms with E-state index in [1.807, 2.05) is 43.3 Å². The summed E-state index contributed by atoms with van der Waals surface area (Å²) in [5, 5.41) is 2.73. The number of benzene rings is 3. The predicted molar refractivity (Wildman–Crippen MR) is 129 cm³/mol. The van der Waals surface area contributed by atoms with Crippen molar-refractivity contribution < 1.29 is 22.1 Å². The lowest BCUT2D eigenvalue weighted by atomic mass is 9.99. The van der Waals surface area contributed by atoms with Crippen molar-refractivity contribution in [3.05, 3.63) is 76.8 Å². The summed E-state index contributed by atoms with van der Waals surface area (Å²) in [5.74, 6) is -0.850. The van der Waals surface area contributed by atoms with Crippen LogP contribution in [0.3, 0.4) is 0 Å². The monoisotopic (exact) mass is 485 g/mol. The minimum absolute atomic E-state index is 0.0680. The van der Waals surface area contributed by atoms with Crippen LogP contribution in [0.2, 0.25) is 5.02 Å². The van der Waals surface area contributed by atoms with Crippen LogP contribution in [0.1, 0.15) is 30.4 Å². The Morgan fingerprint density at radius 2 is 1.73 bits per heavy atom. The van der Waals surface area contributed by atoms with E-state index in [1.54, 1.807) is 19.1 Å². The maximum absolute atomic E-state index is 12.5. The minimum atomic E-state index is -3.82. The van der Waals surface area contributed by atoms with Gasteiger partial charge in [-0.05, 0) is 55.8 Å². The maximum atomic E-state index is 12.5. The number of aryl methyl sites for hydroxylation is 1. The van der Waals surface area contributed by atoms with Gasteiger partial charge in [-0.3, -0.25) is 8.98 Å². The molecular weight excluding hydrogens is 462 g/mol. The zero-order valence-corrected chi connectivity index (χ0v) is 19.9. The topological polar surface area (TPSA) is 85.5 Å². The van der Waals surface area contributed by atoms with Gasteiger partial charge < -0.3 is 9.72 Å². The molecule has 1 atom stereocenters. The fourth-order valence-corrected chi connectivity index (χ4v) is 4.71. The van der Waals surface area contributed by atoms with Crippen LogP contribution >= 0.6 is 11.6 Å². The first-order valence-corrected chi connectivity index (χ1v) is 12.4. The number of H-pyrrole nitrogens is 1. The number of nitrogens with one attached hydrogen (secondary N) is 1. The van der Waals surface area contributed by atoms with E-state index >= 15 is 0 Å². The molecule has 0 fully saturated rings. The van der Waals surface area contributed by atoms with Crippen molar-refractivity contribution in [3.63, 3.8) is 0 Å². The van der Waals surface area contributed by atoms with E-state index in [9.17, 15) is 13.2 Å². The van der Waals surface area contributed by atoms with E-state index in [-0.39, 0.29) is 30.5 Å². The third-order valence-electron chi connectivity index (χ3n) is 5.52. The average molecular weight is 486 g/mol. The number of hydrogen-bond donors (Lipinski definition) is 1. The Labute approximate surface area is 197 Å². The molecule has 4 rings (SSSR count). The summed E-state index contributed by atoms with van der Waals surface area (Å²) in [6.07, 6.45) is 0.269. The number of rotatable bonds is 8. The van der Waals surface area contributed by atoms with E-state index < -0.39 is 16.0 Å². The highest BCUT2D eigenvalue weighted by Crippen LogP contribution is 2.30. The lowest BCUT2D eigenvalue weighted by Crippen LogP contribution is -2.15. The number of halogens is 1. The van der Waals surface area contributed by atoms with Crippen LogP contribution in [0.5, 0.6) is 0 Å². The molecule has 0 bridgehead atoms. The summed E-state index contributed by atoms with van der Waals surface area (Å²) in [4.78, 5) is 16.0. The molecule has 172 valence electrons. The lowest BCUT2D eigenvalue weighted by molar-refractivity contribution is -0.145. The third kappa shape index (κ3) is 5.21. The minimum Gasteiger partial charge on any atom is -0.465 e. The lowest BCUT2D eigenvalue weighted by Gasteiger charge is -2.12. The number of carbonyl (C=O) groups excluding carboxylic acids is 1. The first-order chi connectivity index (χ1) is 15.7. The van der Waals surface area contributed by atoms with Crippen LogP contribution in [-0.2, 0) is 23.8 Å². The molecule has 0 aliphatic heterocycles. The molecule has 0 saturated carbocycles. The quantitative estimate of drug-likeness (QED) is 0.196. The first kappa shape index (κ1) is 23.3. The van der Waals surface area contributed by atoms with Crippen molar-refractivity contribution in [1.29, 1.82) is 0 Å². The molecule has 33 heavy (non-hydrogen) atoms. The largest absolute Gasteiger partial charge is 0.465 e.